The normalized spacial score (nSPS) is 25.3. The second kappa shape index (κ2) is 6.62. The third-order valence-corrected chi connectivity index (χ3v) is 4.60. The summed E-state index contributed by atoms with van der Waals surface area (Å²) in [6, 6.07) is 9.43. The van der Waals surface area contributed by atoms with Crippen LogP contribution in [0.2, 0.25) is 0 Å². The maximum absolute atomic E-state index is 3.69. The Labute approximate surface area is 119 Å². The van der Waals surface area contributed by atoms with Crippen LogP contribution in [0.5, 0.6) is 0 Å². The molecule has 1 aromatic carbocycles. The zero-order chi connectivity index (χ0) is 12.1. The molecule has 1 fully saturated rings. The zero-order valence-electron chi connectivity index (χ0n) is 10.6. The molecule has 0 radical (unpaired) electrons. The van der Waals surface area contributed by atoms with Crippen molar-refractivity contribution in [3.8, 4) is 0 Å². The van der Waals surface area contributed by atoms with Crippen LogP contribution in [0, 0.1) is 9.49 Å². The van der Waals surface area contributed by atoms with Crippen molar-refractivity contribution in [1.29, 1.82) is 0 Å². The van der Waals surface area contributed by atoms with Gasteiger partial charge in [-0.05, 0) is 72.0 Å². The number of hydrogen-bond donors (Lipinski definition) is 1. The van der Waals surface area contributed by atoms with Crippen LogP contribution < -0.4 is 5.32 Å². The first-order chi connectivity index (χ1) is 8.28. The molecule has 94 valence electrons. The lowest BCUT2D eigenvalue weighted by molar-refractivity contribution is 0.444. The third-order valence-electron chi connectivity index (χ3n) is 3.88. The van der Waals surface area contributed by atoms with Gasteiger partial charge in [0.25, 0.3) is 0 Å². The van der Waals surface area contributed by atoms with E-state index in [9.17, 15) is 0 Å². The minimum Gasteiger partial charge on any atom is -0.382 e. The summed E-state index contributed by atoms with van der Waals surface area (Å²) in [6.45, 7) is 2.33. The van der Waals surface area contributed by atoms with E-state index < -0.39 is 0 Å². The zero-order valence-corrected chi connectivity index (χ0v) is 12.7. The van der Waals surface area contributed by atoms with Gasteiger partial charge in [0.2, 0.25) is 0 Å². The molecule has 0 heterocycles. The lowest BCUT2D eigenvalue weighted by Gasteiger charge is -2.18. The van der Waals surface area contributed by atoms with Crippen molar-refractivity contribution in [3.63, 3.8) is 0 Å². The minimum atomic E-state index is 0.687. The molecule has 1 N–H and O–H groups in total. The molecule has 0 spiro atoms. The fraction of sp³-hybridized carbons (Fsp3) is 0.600. The molecule has 1 aromatic rings. The van der Waals surface area contributed by atoms with E-state index in [0.29, 0.717) is 6.04 Å². The Bertz CT molecular complexity index is 333. The molecule has 17 heavy (non-hydrogen) atoms. The highest BCUT2D eigenvalue weighted by molar-refractivity contribution is 14.1. The SMILES string of the molecule is CCC1CCCC(Nc2ccc(I)cc2)CC1. The summed E-state index contributed by atoms with van der Waals surface area (Å²) in [4.78, 5) is 0. The third kappa shape index (κ3) is 4.16. The molecule has 2 atom stereocenters. The van der Waals surface area contributed by atoms with Gasteiger partial charge in [0.1, 0.15) is 0 Å². The highest BCUT2D eigenvalue weighted by atomic mass is 127. The van der Waals surface area contributed by atoms with Gasteiger partial charge in [0.15, 0.2) is 0 Å². The first kappa shape index (κ1) is 13.2. The molecular weight excluding hydrogens is 321 g/mol. The Kier molecular flexibility index (Phi) is 5.14. The molecule has 1 aliphatic rings. The van der Waals surface area contributed by atoms with E-state index in [2.05, 4.69) is 59.1 Å². The van der Waals surface area contributed by atoms with Crippen molar-refractivity contribution in [2.45, 2.75) is 51.5 Å². The molecule has 0 amide bonds. The summed E-state index contributed by atoms with van der Waals surface area (Å²) in [5.41, 5.74) is 1.28. The van der Waals surface area contributed by atoms with Crippen molar-refractivity contribution in [3.05, 3.63) is 27.8 Å². The molecule has 0 aliphatic heterocycles. The lowest BCUT2D eigenvalue weighted by atomic mass is 9.98. The average molecular weight is 343 g/mol. The molecular formula is C15H22IN. The highest BCUT2D eigenvalue weighted by Crippen LogP contribution is 2.27. The summed E-state index contributed by atoms with van der Waals surface area (Å²) in [6.07, 6.45) is 8.25. The smallest absolute Gasteiger partial charge is 0.0343 e. The van der Waals surface area contributed by atoms with E-state index in [1.807, 2.05) is 0 Å². The van der Waals surface area contributed by atoms with Crippen LogP contribution in [0.15, 0.2) is 24.3 Å². The van der Waals surface area contributed by atoms with Crippen LogP contribution in [0.3, 0.4) is 0 Å². The second-order valence-electron chi connectivity index (χ2n) is 5.13. The minimum absolute atomic E-state index is 0.687. The topological polar surface area (TPSA) is 12.0 Å². The predicted octanol–water partition coefficient (Wildman–Crippen LogP) is 5.06. The van der Waals surface area contributed by atoms with Gasteiger partial charge in [-0.15, -0.1) is 0 Å². The molecule has 1 nitrogen and oxygen atoms in total. The standard InChI is InChI=1S/C15H22IN/c1-2-12-4-3-5-14(9-6-12)17-15-10-7-13(16)8-11-15/h7-8,10-12,14,17H,2-6,9H2,1H3. The first-order valence-corrected chi connectivity index (χ1v) is 7.88. The van der Waals surface area contributed by atoms with E-state index in [-0.39, 0.29) is 0 Å². The molecule has 1 aliphatic carbocycles. The maximum Gasteiger partial charge on any atom is 0.0343 e. The number of benzene rings is 1. The van der Waals surface area contributed by atoms with E-state index in [1.54, 1.807) is 0 Å². The van der Waals surface area contributed by atoms with Gasteiger partial charge in [-0.2, -0.15) is 0 Å². The van der Waals surface area contributed by atoms with E-state index in [0.717, 1.165) is 5.92 Å². The molecule has 0 bridgehead atoms. The number of rotatable bonds is 3. The Morgan fingerprint density at radius 2 is 1.88 bits per heavy atom. The van der Waals surface area contributed by atoms with Crippen LogP contribution in [0.1, 0.15) is 45.4 Å². The first-order valence-electron chi connectivity index (χ1n) is 6.80. The lowest BCUT2D eigenvalue weighted by Crippen LogP contribution is -2.18. The van der Waals surface area contributed by atoms with Crippen molar-refractivity contribution < 1.29 is 0 Å². The van der Waals surface area contributed by atoms with Crippen molar-refractivity contribution in [2.24, 2.45) is 5.92 Å². The highest BCUT2D eigenvalue weighted by Gasteiger charge is 2.17. The van der Waals surface area contributed by atoms with E-state index in [4.69, 9.17) is 0 Å². The van der Waals surface area contributed by atoms with Gasteiger partial charge in [-0.25, -0.2) is 0 Å². The quantitative estimate of drug-likeness (QED) is 0.597. The maximum atomic E-state index is 3.69. The Morgan fingerprint density at radius 1 is 1.12 bits per heavy atom. The molecule has 2 rings (SSSR count). The summed E-state index contributed by atoms with van der Waals surface area (Å²) in [7, 11) is 0. The second-order valence-corrected chi connectivity index (χ2v) is 6.38. The van der Waals surface area contributed by atoms with Gasteiger partial charge in [-0.3, -0.25) is 0 Å². The van der Waals surface area contributed by atoms with Crippen LogP contribution >= 0.6 is 22.6 Å². The van der Waals surface area contributed by atoms with Crippen molar-refractivity contribution in [1.82, 2.24) is 0 Å². The van der Waals surface area contributed by atoms with E-state index >= 15 is 0 Å². The Hall–Kier alpha value is -0.250. The van der Waals surface area contributed by atoms with Crippen molar-refractivity contribution in [2.75, 3.05) is 5.32 Å². The summed E-state index contributed by atoms with van der Waals surface area (Å²) < 4.78 is 1.31. The number of halogens is 1. The Balaban J connectivity index is 1.88. The van der Waals surface area contributed by atoms with Crippen LogP contribution in [-0.4, -0.2) is 6.04 Å². The molecule has 0 saturated heterocycles. The van der Waals surface area contributed by atoms with Gasteiger partial charge >= 0.3 is 0 Å². The average Bonchev–Trinajstić information content (AvgIpc) is 2.57. The summed E-state index contributed by atoms with van der Waals surface area (Å²) >= 11 is 2.35. The van der Waals surface area contributed by atoms with Crippen LogP contribution in [-0.2, 0) is 0 Å². The molecule has 1 saturated carbocycles. The van der Waals surface area contributed by atoms with Gasteiger partial charge in [0.05, 0.1) is 0 Å². The van der Waals surface area contributed by atoms with E-state index in [1.165, 1.54) is 47.8 Å². The molecule has 2 heteroatoms. The van der Waals surface area contributed by atoms with Crippen molar-refractivity contribution >= 4 is 28.3 Å². The number of nitrogens with one attached hydrogen (secondary N) is 1. The van der Waals surface area contributed by atoms with Crippen LogP contribution in [0.25, 0.3) is 0 Å². The summed E-state index contributed by atoms with van der Waals surface area (Å²) in [5.74, 6) is 0.971. The molecule has 0 aromatic heterocycles. The van der Waals surface area contributed by atoms with Gasteiger partial charge in [-0.1, -0.05) is 26.2 Å². The fourth-order valence-corrected chi connectivity index (χ4v) is 3.07. The monoisotopic (exact) mass is 343 g/mol. The predicted molar refractivity (Wildman–Crippen MR) is 83.4 cm³/mol. The fourth-order valence-electron chi connectivity index (χ4n) is 2.71. The largest absolute Gasteiger partial charge is 0.382 e. The Morgan fingerprint density at radius 3 is 2.59 bits per heavy atom. The molecule has 2 unspecified atom stereocenters. The van der Waals surface area contributed by atoms with Gasteiger partial charge in [0, 0.05) is 15.3 Å². The summed E-state index contributed by atoms with van der Waals surface area (Å²) in [5, 5.41) is 3.69. The number of anilines is 1. The number of hydrogen-bond acceptors (Lipinski definition) is 1. The van der Waals surface area contributed by atoms with Crippen LogP contribution in [0.4, 0.5) is 5.69 Å². The van der Waals surface area contributed by atoms with Gasteiger partial charge < -0.3 is 5.32 Å².